The first-order valence-corrected chi connectivity index (χ1v) is 5.76. The van der Waals surface area contributed by atoms with E-state index in [-0.39, 0.29) is 11.8 Å². The van der Waals surface area contributed by atoms with Crippen LogP contribution in [0.3, 0.4) is 0 Å². The van der Waals surface area contributed by atoms with Gasteiger partial charge in [0.05, 0.1) is 20.6 Å². The highest BCUT2D eigenvalue weighted by atomic mass is 16.5. The van der Waals surface area contributed by atoms with Crippen molar-refractivity contribution in [3.8, 4) is 11.5 Å². The molecule has 1 aromatic carbocycles. The Labute approximate surface area is 108 Å². The highest BCUT2D eigenvalue weighted by molar-refractivity contribution is 5.72. The molecule has 1 N–H and O–H groups in total. The van der Waals surface area contributed by atoms with Gasteiger partial charge in [0.1, 0.15) is 0 Å². The maximum absolute atomic E-state index is 10.9. The zero-order valence-corrected chi connectivity index (χ0v) is 11.5. The van der Waals surface area contributed by atoms with E-state index in [9.17, 15) is 4.79 Å². The number of hydrogen-bond acceptors (Lipinski definition) is 3. The van der Waals surface area contributed by atoms with E-state index in [4.69, 9.17) is 14.6 Å². The molecule has 0 radical (unpaired) electrons. The van der Waals surface area contributed by atoms with E-state index in [0.717, 1.165) is 5.56 Å². The number of ether oxygens (including phenoxy) is 2. The lowest BCUT2D eigenvalue weighted by Crippen LogP contribution is -2.13. The molecule has 0 spiro atoms. The maximum Gasteiger partial charge on any atom is 0.307 e. The highest BCUT2D eigenvalue weighted by Gasteiger charge is 2.20. The normalized spacial score (nSPS) is 11.2. The zero-order valence-electron chi connectivity index (χ0n) is 11.5. The Morgan fingerprint density at radius 3 is 2.22 bits per heavy atom. The standard InChI is InChI=1S/C14H20O4/c1-14(2,3)10-6-9(7-12(15)16)13(18-5)11(8-10)17-4/h6,8H,7H2,1-5H3,(H,15,16). The number of hydrogen-bond donors (Lipinski definition) is 1. The van der Waals surface area contributed by atoms with E-state index in [1.165, 1.54) is 7.11 Å². The largest absolute Gasteiger partial charge is 0.493 e. The Bertz CT molecular complexity index is 444. The molecule has 0 aliphatic carbocycles. The predicted molar refractivity (Wildman–Crippen MR) is 69.6 cm³/mol. The second kappa shape index (κ2) is 5.29. The van der Waals surface area contributed by atoms with Crippen molar-refractivity contribution in [2.45, 2.75) is 32.6 Å². The fourth-order valence-electron chi connectivity index (χ4n) is 1.77. The van der Waals surface area contributed by atoms with Gasteiger partial charge in [-0.3, -0.25) is 4.79 Å². The first kappa shape index (κ1) is 14.4. The lowest BCUT2D eigenvalue weighted by atomic mass is 9.85. The molecule has 1 rings (SSSR count). The quantitative estimate of drug-likeness (QED) is 0.895. The van der Waals surface area contributed by atoms with Crippen molar-refractivity contribution in [2.75, 3.05) is 14.2 Å². The van der Waals surface area contributed by atoms with Gasteiger partial charge < -0.3 is 14.6 Å². The summed E-state index contributed by atoms with van der Waals surface area (Å²) in [5.41, 5.74) is 1.58. The molecular weight excluding hydrogens is 232 g/mol. The Balaban J connectivity index is 3.40. The third-order valence-corrected chi connectivity index (χ3v) is 2.76. The first-order chi connectivity index (χ1) is 8.29. The van der Waals surface area contributed by atoms with E-state index in [0.29, 0.717) is 17.1 Å². The average molecular weight is 252 g/mol. The summed E-state index contributed by atoms with van der Waals surface area (Å²) in [4.78, 5) is 10.9. The van der Waals surface area contributed by atoms with Gasteiger partial charge in [-0.2, -0.15) is 0 Å². The number of rotatable bonds is 4. The Morgan fingerprint density at radius 2 is 1.83 bits per heavy atom. The molecule has 0 bridgehead atoms. The number of carboxylic acids is 1. The number of methoxy groups -OCH3 is 2. The molecule has 0 saturated heterocycles. The number of carboxylic acid groups (broad SMARTS) is 1. The summed E-state index contributed by atoms with van der Waals surface area (Å²) in [5, 5.41) is 8.95. The third kappa shape index (κ3) is 3.15. The van der Waals surface area contributed by atoms with Crippen LogP contribution in [0.4, 0.5) is 0 Å². The number of benzene rings is 1. The molecule has 4 nitrogen and oxygen atoms in total. The summed E-state index contributed by atoms with van der Waals surface area (Å²) in [6.07, 6.45) is -0.0799. The van der Waals surface area contributed by atoms with Gasteiger partial charge in [0.25, 0.3) is 0 Å². The molecule has 18 heavy (non-hydrogen) atoms. The van der Waals surface area contributed by atoms with E-state index in [1.54, 1.807) is 7.11 Å². The van der Waals surface area contributed by atoms with Crippen molar-refractivity contribution in [3.05, 3.63) is 23.3 Å². The van der Waals surface area contributed by atoms with Crippen LogP contribution < -0.4 is 9.47 Å². The number of aliphatic carboxylic acids is 1. The highest BCUT2D eigenvalue weighted by Crippen LogP contribution is 2.36. The van der Waals surface area contributed by atoms with Crippen molar-refractivity contribution >= 4 is 5.97 Å². The lowest BCUT2D eigenvalue weighted by molar-refractivity contribution is -0.136. The first-order valence-electron chi connectivity index (χ1n) is 5.76. The summed E-state index contributed by atoms with van der Waals surface area (Å²) in [6, 6.07) is 3.76. The van der Waals surface area contributed by atoms with Crippen molar-refractivity contribution in [2.24, 2.45) is 0 Å². The van der Waals surface area contributed by atoms with Crippen molar-refractivity contribution in [1.29, 1.82) is 0 Å². The molecule has 1 aromatic rings. The SMILES string of the molecule is COc1cc(C(C)(C)C)cc(CC(=O)O)c1OC. The van der Waals surface area contributed by atoms with Crippen LogP contribution in [0.1, 0.15) is 31.9 Å². The fraction of sp³-hybridized carbons (Fsp3) is 0.500. The van der Waals surface area contributed by atoms with Crippen molar-refractivity contribution in [1.82, 2.24) is 0 Å². The minimum Gasteiger partial charge on any atom is -0.493 e. The summed E-state index contributed by atoms with van der Waals surface area (Å²) in [5.74, 6) is 0.176. The van der Waals surface area contributed by atoms with Gasteiger partial charge in [0.15, 0.2) is 11.5 Å². The summed E-state index contributed by atoms with van der Waals surface area (Å²) in [7, 11) is 3.06. The van der Waals surface area contributed by atoms with Crippen molar-refractivity contribution in [3.63, 3.8) is 0 Å². The van der Waals surface area contributed by atoms with Crippen LogP contribution in [-0.2, 0) is 16.6 Å². The third-order valence-electron chi connectivity index (χ3n) is 2.76. The van der Waals surface area contributed by atoms with E-state index in [1.807, 2.05) is 12.1 Å². The predicted octanol–water partition coefficient (Wildman–Crippen LogP) is 2.63. The van der Waals surface area contributed by atoms with Gasteiger partial charge in [-0.1, -0.05) is 26.8 Å². The molecule has 0 aromatic heterocycles. The fourth-order valence-corrected chi connectivity index (χ4v) is 1.77. The van der Waals surface area contributed by atoms with E-state index in [2.05, 4.69) is 20.8 Å². The van der Waals surface area contributed by atoms with Gasteiger partial charge >= 0.3 is 5.97 Å². The summed E-state index contributed by atoms with van der Waals surface area (Å²) >= 11 is 0. The van der Waals surface area contributed by atoms with Gasteiger partial charge in [-0.25, -0.2) is 0 Å². The van der Waals surface area contributed by atoms with Crippen LogP contribution in [0, 0.1) is 0 Å². The zero-order chi connectivity index (χ0) is 13.9. The number of carbonyl (C=O) groups is 1. The minimum absolute atomic E-state index is 0.0766. The second-order valence-corrected chi connectivity index (χ2v) is 5.19. The van der Waals surface area contributed by atoms with E-state index < -0.39 is 5.97 Å². The van der Waals surface area contributed by atoms with Crippen LogP contribution >= 0.6 is 0 Å². The molecule has 4 heteroatoms. The Hall–Kier alpha value is -1.71. The second-order valence-electron chi connectivity index (χ2n) is 5.19. The average Bonchev–Trinajstić information content (AvgIpc) is 2.25. The molecule has 100 valence electrons. The van der Waals surface area contributed by atoms with Crippen LogP contribution in [0.5, 0.6) is 11.5 Å². The van der Waals surface area contributed by atoms with Crippen LogP contribution in [0.15, 0.2) is 12.1 Å². The Morgan fingerprint density at radius 1 is 1.22 bits per heavy atom. The smallest absolute Gasteiger partial charge is 0.307 e. The molecular formula is C14H20O4. The van der Waals surface area contributed by atoms with Crippen LogP contribution in [0.25, 0.3) is 0 Å². The molecule has 0 heterocycles. The lowest BCUT2D eigenvalue weighted by Gasteiger charge is -2.22. The van der Waals surface area contributed by atoms with Gasteiger partial charge in [-0.15, -0.1) is 0 Å². The molecule has 0 atom stereocenters. The van der Waals surface area contributed by atoms with Crippen LogP contribution in [0.2, 0.25) is 0 Å². The Kier molecular flexibility index (Phi) is 4.22. The minimum atomic E-state index is -0.888. The summed E-state index contributed by atoms with van der Waals surface area (Å²) in [6.45, 7) is 6.20. The van der Waals surface area contributed by atoms with Crippen LogP contribution in [-0.4, -0.2) is 25.3 Å². The maximum atomic E-state index is 10.9. The molecule has 0 amide bonds. The topological polar surface area (TPSA) is 55.8 Å². The van der Waals surface area contributed by atoms with Gasteiger partial charge in [0, 0.05) is 5.56 Å². The molecule has 0 aliphatic heterocycles. The van der Waals surface area contributed by atoms with Crippen molar-refractivity contribution < 1.29 is 19.4 Å². The van der Waals surface area contributed by atoms with Gasteiger partial charge in [0.2, 0.25) is 0 Å². The summed E-state index contributed by atoms with van der Waals surface area (Å²) < 4.78 is 10.5. The van der Waals surface area contributed by atoms with Gasteiger partial charge in [-0.05, 0) is 17.0 Å². The molecule has 0 fully saturated rings. The van der Waals surface area contributed by atoms with E-state index >= 15 is 0 Å². The molecule has 0 saturated carbocycles. The monoisotopic (exact) mass is 252 g/mol. The molecule has 0 aliphatic rings. The molecule has 0 unspecified atom stereocenters.